The van der Waals surface area contributed by atoms with E-state index in [-0.39, 0.29) is 12.5 Å². The Kier molecular flexibility index (Phi) is 8.28. The van der Waals surface area contributed by atoms with E-state index in [0.29, 0.717) is 29.5 Å². The molecule has 0 aliphatic rings. The molecule has 0 atom stereocenters. The summed E-state index contributed by atoms with van der Waals surface area (Å²) in [5, 5.41) is 1.83. The lowest BCUT2D eigenvalue weighted by Gasteiger charge is -2.23. The SMILES string of the molecule is COC(=O)CN(Cc1ccc(OC)cc1OC)Cc1c(Br)csc1C(=O)OC. The first kappa shape index (κ1) is 22.2. The summed E-state index contributed by atoms with van der Waals surface area (Å²) < 4.78 is 21.2. The molecule has 0 unspecified atom stereocenters. The summed E-state index contributed by atoms with van der Waals surface area (Å²) in [4.78, 5) is 26.4. The Balaban J connectivity index is 2.33. The van der Waals surface area contributed by atoms with Crippen LogP contribution in [0.2, 0.25) is 0 Å². The normalized spacial score (nSPS) is 10.6. The minimum Gasteiger partial charge on any atom is -0.497 e. The quantitative estimate of drug-likeness (QED) is 0.518. The van der Waals surface area contributed by atoms with Gasteiger partial charge in [0.15, 0.2) is 0 Å². The zero-order chi connectivity index (χ0) is 20.7. The van der Waals surface area contributed by atoms with Crippen LogP contribution in [0.5, 0.6) is 11.5 Å². The number of methoxy groups -OCH3 is 4. The highest BCUT2D eigenvalue weighted by Gasteiger charge is 2.22. The smallest absolute Gasteiger partial charge is 0.348 e. The van der Waals surface area contributed by atoms with Gasteiger partial charge in [0.25, 0.3) is 0 Å². The summed E-state index contributed by atoms with van der Waals surface area (Å²) in [5.74, 6) is 0.532. The van der Waals surface area contributed by atoms with Crippen LogP contribution in [0.3, 0.4) is 0 Å². The Morgan fingerprint density at radius 3 is 2.43 bits per heavy atom. The van der Waals surface area contributed by atoms with Crippen molar-refractivity contribution in [2.75, 3.05) is 35.0 Å². The van der Waals surface area contributed by atoms with E-state index in [1.54, 1.807) is 20.3 Å². The highest BCUT2D eigenvalue weighted by molar-refractivity contribution is 9.10. The minimum absolute atomic E-state index is 0.0502. The standard InChI is InChI=1S/C19H22BrNO6S/c1-24-13-6-5-12(16(7-13)25-2)8-21(10-17(22)26-3)9-14-15(20)11-28-18(14)19(23)27-4/h5-7,11H,8-10H2,1-4H3. The third-order valence-electron chi connectivity index (χ3n) is 4.06. The second-order valence-corrected chi connectivity index (χ2v) is 7.52. The highest BCUT2D eigenvalue weighted by Crippen LogP contribution is 2.31. The fraction of sp³-hybridized carbons (Fsp3) is 0.368. The Labute approximate surface area is 176 Å². The Hall–Kier alpha value is -2.10. The second kappa shape index (κ2) is 10.4. The number of hydrogen-bond acceptors (Lipinski definition) is 8. The van der Waals surface area contributed by atoms with Crippen LogP contribution >= 0.6 is 27.3 Å². The number of nitrogens with zero attached hydrogens (tertiary/aromatic N) is 1. The number of ether oxygens (including phenoxy) is 4. The molecule has 0 bridgehead atoms. The number of thiophene rings is 1. The maximum atomic E-state index is 12.1. The molecule has 152 valence electrons. The molecule has 0 radical (unpaired) electrons. The van der Waals surface area contributed by atoms with Crippen LogP contribution in [-0.4, -0.2) is 51.8 Å². The first-order chi connectivity index (χ1) is 13.4. The number of halogens is 1. The van der Waals surface area contributed by atoms with E-state index >= 15 is 0 Å². The van der Waals surface area contributed by atoms with Crippen molar-refractivity contribution in [2.24, 2.45) is 0 Å². The number of carbonyl (C=O) groups is 2. The molecule has 0 fully saturated rings. The number of carbonyl (C=O) groups excluding carboxylic acids is 2. The maximum absolute atomic E-state index is 12.1. The van der Waals surface area contributed by atoms with E-state index in [4.69, 9.17) is 18.9 Å². The van der Waals surface area contributed by atoms with E-state index in [9.17, 15) is 9.59 Å². The van der Waals surface area contributed by atoms with Gasteiger partial charge in [-0.05, 0) is 22.0 Å². The minimum atomic E-state index is -0.411. The molecule has 0 aliphatic carbocycles. The Bertz CT molecular complexity index is 838. The monoisotopic (exact) mass is 471 g/mol. The molecule has 9 heteroatoms. The molecular formula is C19H22BrNO6S. The topological polar surface area (TPSA) is 74.3 Å². The molecule has 0 N–H and O–H groups in total. The van der Waals surface area contributed by atoms with Crippen molar-refractivity contribution in [1.82, 2.24) is 4.90 Å². The second-order valence-electron chi connectivity index (χ2n) is 5.78. The van der Waals surface area contributed by atoms with Crippen LogP contribution in [0.25, 0.3) is 0 Å². The average Bonchev–Trinajstić information content (AvgIpc) is 3.07. The largest absolute Gasteiger partial charge is 0.497 e. The Morgan fingerprint density at radius 1 is 1.07 bits per heavy atom. The van der Waals surface area contributed by atoms with Gasteiger partial charge in [-0.2, -0.15) is 0 Å². The molecule has 2 aromatic rings. The predicted molar refractivity (Wildman–Crippen MR) is 109 cm³/mol. The summed E-state index contributed by atoms with van der Waals surface area (Å²) >= 11 is 4.77. The van der Waals surface area contributed by atoms with Crippen LogP contribution in [0.1, 0.15) is 20.8 Å². The summed E-state index contributed by atoms with van der Waals surface area (Å²) in [5.41, 5.74) is 1.63. The molecule has 1 aromatic carbocycles. The molecule has 0 spiro atoms. The molecular weight excluding hydrogens is 450 g/mol. The zero-order valence-electron chi connectivity index (χ0n) is 16.1. The third kappa shape index (κ3) is 5.46. The number of esters is 2. The van der Waals surface area contributed by atoms with Gasteiger partial charge in [0.2, 0.25) is 0 Å². The molecule has 0 aliphatic heterocycles. The van der Waals surface area contributed by atoms with Gasteiger partial charge in [-0.25, -0.2) is 4.79 Å². The lowest BCUT2D eigenvalue weighted by molar-refractivity contribution is -0.142. The van der Waals surface area contributed by atoms with Crippen molar-refractivity contribution >= 4 is 39.2 Å². The molecule has 7 nitrogen and oxygen atoms in total. The fourth-order valence-corrected chi connectivity index (χ4v) is 4.23. The van der Waals surface area contributed by atoms with Crippen LogP contribution in [0, 0.1) is 0 Å². The van der Waals surface area contributed by atoms with E-state index in [1.165, 1.54) is 25.6 Å². The number of benzene rings is 1. The third-order valence-corrected chi connectivity index (χ3v) is 6.08. The Morgan fingerprint density at radius 2 is 1.82 bits per heavy atom. The number of hydrogen-bond donors (Lipinski definition) is 0. The van der Waals surface area contributed by atoms with Gasteiger partial charge in [-0.15, -0.1) is 11.3 Å². The van der Waals surface area contributed by atoms with Crippen LogP contribution in [0.15, 0.2) is 28.1 Å². The first-order valence-corrected chi connectivity index (χ1v) is 9.95. The van der Waals surface area contributed by atoms with E-state index < -0.39 is 5.97 Å². The van der Waals surface area contributed by atoms with Crippen molar-refractivity contribution in [3.8, 4) is 11.5 Å². The van der Waals surface area contributed by atoms with E-state index in [0.717, 1.165) is 15.6 Å². The molecule has 1 aromatic heterocycles. The molecule has 0 saturated carbocycles. The summed E-state index contributed by atoms with van der Waals surface area (Å²) in [7, 11) is 5.84. The highest BCUT2D eigenvalue weighted by atomic mass is 79.9. The van der Waals surface area contributed by atoms with Gasteiger partial charge in [0, 0.05) is 40.1 Å². The van der Waals surface area contributed by atoms with Crippen molar-refractivity contribution in [2.45, 2.75) is 13.1 Å². The van der Waals surface area contributed by atoms with Crippen molar-refractivity contribution < 1.29 is 28.5 Å². The zero-order valence-corrected chi connectivity index (χ0v) is 18.5. The number of rotatable bonds is 9. The molecule has 2 rings (SSSR count). The van der Waals surface area contributed by atoms with Crippen LogP contribution in [-0.2, 0) is 27.4 Å². The maximum Gasteiger partial charge on any atom is 0.348 e. The van der Waals surface area contributed by atoms with Crippen molar-refractivity contribution in [3.63, 3.8) is 0 Å². The lowest BCUT2D eigenvalue weighted by atomic mass is 10.1. The fourth-order valence-electron chi connectivity index (χ4n) is 2.63. The molecule has 0 amide bonds. The predicted octanol–water partition coefficient (Wildman–Crippen LogP) is 3.49. The lowest BCUT2D eigenvalue weighted by Crippen LogP contribution is -2.30. The van der Waals surface area contributed by atoms with Gasteiger partial charge in [-0.3, -0.25) is 9.69 Å². The van der Waals surface area contributed by atoms with Gasteiger partial charge in [0.1, 0.15) is 16.4 Å². The van der Waals surface area contributed by atoms with Crippen LogP contribution in [0.4, 0.5) is 0 Å². The van der Waals surface area contributed by atoms with E-state index in [2.05, 4.69) is 15.9 Å². The van der Waals surface area contributed by atoms with Crippen molar-refractivity contribution in [3.05, 3.63) is 44.1 Å². The van der Waals surface area contributed by atoms with Gasteiger partial charge in [0.05, 0.1) is 35.0 Å². The summed E-state index contributed by atoms with van der Waals surface area (Å²) in [6.07, 6.45) is 0. The molecule has 0 saturated heterocycles. The van der Waals surface area contributed by atoms with Gasteiger partial charge < -0.3 is 18.9 Å². The first-order valence-electron chi connectivity index (χ1n) is 8.27. The summed E-state index contributed by atoms with van der Waals surface area (Å²) in [6.45, 7) is 0.804. The van der Waals surface area contributed by atoms with Crippen molar-refractivity contribution in [1.29, 1.82) is 0 Å². The summed E-state index contributed by atoms with van der Waals surface area (Å²) in [6, 6.07) is 5.49. The van der Waals surface area contributed by atoms with E-state index in [1.807, 2.05) is 22.4 Å². The molecule has 1 heterocycles. The van der Waals surface area contributed by atoms with Crippen LogP contribution < -0.4 is 9.47 Å². The molecule has 28 heavy (non-hydrogen) atoms. The van der Waals surface area contributed by atoms with Gasteiger partial charge in [-0.1, -0.05) is 6.07 Å². The van der Waals surface area contributed by atoms with Gasteiger partial charge >= 0.3 is 11.9 Å². The average molecular weight is 472 g/mol.